The van der Waals surface area contributed by atoms with E-state index in [1.807, 2.05) is 0 Å². The van der Waals surface area contributed by atoms with Gasteiger partial charge in [0.15, 0.2) is 9.84 Å². The van der Waals surface area contributed by atoms with Gasteiger partial charge >= 0.3 is 0 Å². The molecule has 5 heteroatoms. The molecule has 2 fully saturated rings. The smallest absolute Gasteiger partial charge is 0.151 e. The van der Waals surface area contributed by atoms with Gasteiger partial charge in [-0.3, -0.25) is 4.90 Å². The van der Waals surface area contributed by atoms with Gasteiger partial charge in [-0.15, -0.1) is 0 Å². The van der Waals surface area contributed by atoms with Gasteiger partial charge in [-0.2, -0.15) is 0 Å². The number of nitrogens with one attached hydrogen (secondary N) is 1. The maximum Gasteiger partial charge on any atom is 0.151 e. The third-order valence-electron chi connectivity index (χ3n) is 4.34. The molecule has 0 spiro atoms. The third-order valence-corrected chi connectivity index (χ3v) is 6.11. The van der Waals surface area contributed by atoms with Crippen molar-refractivity contribution < 1.29 is 8.42 Å². The monoisotopic (exact) mass is 274 g/mol. The summed E-state index contributed by atoms with van der Waals surface area (Å²) in [5, 5.41) is 3.40. The molecule has 0 amide bonds. The molecule has 0 saturated carbocycles. The molecule has 2 saturated heterocycles. The minimum Gasteiger partial charge on any atom is -0.312 e. The van der Waals surface area contributed by atoms with Gasteiger partial charge in [0.2, 0.25) is 0 Å². The zero-order valence-electron chi connectivity index (χ0n) is 11.6. The lowest BCUT2D eigenvalue weighted by Crippen LogP contribution is -2.45. The summed E-state index contributed by atoms with van der Waals surface area (Å²) in [7, 11) is -2.74. The molecule has 1 N–H and O–H groups in total. The fraction of sp³-hybridized carbons (Fsp3) is 1.00. The lowest BCUT2D eigenvalue weighted by molar-refractivity contribution is 0.129. The van der Waals surface area contributed by atoms with Crippen LogP contribution in [0.3, 0.4) is 0 Å². The van der Waals surface area contributed by atoms with Gasteiger partial charge in [-0.05, 0) is 38.6 Å². The lowest BCUT2D eigenvalue weighted by atomic mass is 9.93. The summed E-state index contributed by atoms with van der Waals surface area (Å²) in [5.74, 6) is 1.55. The Hall–Kier alpha value is -0.130. The van der Waals surface area contributed by atoms with Gasteiger partial charge in [0.1, 0.15) is 0 Å². The van der Waals surface area contributed by atoms with E-state index >= 15 is 0 Å². The zero-order valence-corrected chi connectivity index (χ0v) is 12.4. The van der Waals surface area contributed by atoms with E-state index in [0.29, 0.717) is 17.5 Å². The Morgan fingerprint density at radius 1 is 1.28 bits per heavy atom. The summed E-state index contributed by atoms with van der Waals surface area (Å²) in [6.07, 6.45) is 3.37. The predicted molar refractivity (Wildman–Crippen MR) is 74.5 cm³/mol. The Kier molecular flexibility index (Phi) is 4.67. The van der Waals surface area contributed by atoms with Crippen molar-refractivity contribution in [3.63, 3.8) is 0 Å². The molecule has 106 valence electrons. The van der Waals surface area contributed by atoms with Crippen molar-refractivity contribution in [1.82, 2.24) is 10.2 Å². The first-order chi connectivity index (χ1) is 8.46. The van der Waals surface area contributed by atoms with Crippen molar-refractivity contribution in [2.45, 2.75) is 45.2 Å². The molecular formula is C13H26N2O2S. The van der Waals surface area contributed by atoms with E-state index in [4.69, 9.17) is 0 Å². The number of hydrogen-bond donors (Lipinski definition) is 1. The summed E-state index contributed by atoms with van der Waals surface area (Å²) in [6.45, 7) is 7.78. The van der Waals surface area contributed by atoms with Gasteiger partial charge in [-0.1, -0.05) is 6.92 Å². The molecular weight excluding hydrogens is 248 g/mol. The minimum atomic E-state index is -2.74. The first-order valence-electron chi connectivity index (χ1n) is 7.14. The molecule has 2 rings (SSSR count). The number of hydrogen-bond acceptors (Lipinski definition) is 4. The average Bonchev–Trinajstić information content (AvgIpc) is 2.61. The van der Waals surface area contributed by atoms with Crippen LogP contribution in [0, 0.1) is 5.92 Å². The van der Waals surface area contributed by atoms with E-state index < -0.39 is 9.84 Å². The van der Waals surface area contributed by atoms with Gasteiger partial charge in [0, 0.05) is 25.2 Å². The number of rotatable bonds is 4. The van der Waals surface area contributed by atoms with E-state index in [0.717, 1.165) is 25.4 Å². The lowest BCUT2D eigenvalue weighted by Gasteiger charge is -2.36. The van der Waals surface area contributed by atoms with E-state index in [2.05, 4.69) is 24.1 Å². The SMILES string of the molecule is CC1CCN(CCNC2CCS(=O)(=O)C2)C(C)C1. The first-order valence-corrected chi connectivity index (χ1v) is 8.96. The zero-order chi connectivity index (χ0) is 13.2. The second-order valence-corrected chi connectivity index (χ2v) is 8.30. The van der Waals surface area contributed by atoms with Crippen molar-refractivity contribution in [1.29, 1.82) is 0 Å². The Morgan fingerprint density at radius 3 is 2.67 bits per heavy atom. The summed E-state index contributed by atoms with van der Waals surface area (Å²) in [4.78, 5) is 2.52. The third kappa shape index (κ3) is 3.93. The molecule has 3 atom stereocenters. The second-order valence-electron chi connectivity index (χ2n) is 6.07. The van der Waals surface area contributed by atoms with Crippen LogP contribution < -0.4 is 5.32 Å². The largest absolute Gasteiger partial charge is 0.312 e. The average molecular weight is 274 g/mol. The van der Waals surface area contributed by atoms with Crippen LogP contribution in [0.2, 0.25) is 0 Å². The molecule has 2 aliphatic rings. The Labute approximate surface area is 111 Å². The molecule has 3 unspecified atom stereocenters. The molecule has 4 nitrogen and oxygen atoms in total. The highest BCUT2D eigenvalue weighted by molar-refractivity contribution is 7.91. The molecule has 0 aromatic heterocycles. The fourth-order valence-corrected chi connectivity index (χ4v) is 4.86. The highest BCUT2D eigenvalue weighted by Gasteiger charge is 2.28. The first kappa shape index (κ1) is 14.3. The van der Waals surface area contributed by atoms with Gasteiger partial charge in [0.25, 0.3) is 0 Å². The van der Waals surface area contributed by atoms with Crippen LogP contribution >= 0.6 is 0 Å². The minimum absolute atomic E-state index is 0.189. The van der Waals surface area contributed by atoms with Crippen LogP contribution in [0.4, 0.5) is 0 Å². The fourth-order valence-electron chi connectivity index (χ4n) is 3.16. The highest BCUT2D eigenvalue weighted by atomic mass is 32.2. The summed E-state index contributed by atoms with van der Waals surface area (Å²) in [6, 6.07) is 0.858. The second kappa shape index (κ2) is 5.88. The maximum absolute atomic E-state index is 11.3. The van der Waals surface area contributed by atoms with Crippen LogP contribution in [-0.4, -0.2) is 56.5 Å². The molecule has 0 aliphatic carbocycles. The van der Waals surface area contributed by atoms with Crippen molar-refractivity contribution in [2.75, 3.05) is 31.1 Å². The van der Waals surface area contributed by atoms with Gasteiger partial charge in [-0.25, -0.2) is 8.42 Å². The van der Waals surface area contributed by atoms with E-state index in [1.165, 1.54) is 19.4 Å². The molecule has 2 aliphatic heterocycles. The van der Waals surface area contributed by atoms with Crippen LogP contribution in [0.25, 0.3) is 0 Å². The summed E-state index contributed by atoms with van der Waals surface area (Å²) >= 11 is 0. The van der Waals surface area contributed by atoms with E-state index in [1.54, 1.807) is 0 Å². The topological polar surface area (TPSA) is 49.4 Å². The number of sulfone groups is 1. The maximum atomic E-state index is 11.3. The van der Waals surface area contributed by atoms with Crippen molar-refractivity contribution in [2.24, 2.45) is 5.92 Å². The molecule has 0 radical (unpaired) electrons. The number of nitrogens with zero attached hydrogens (tertiary/aromatic N) is 1. The standard InChI is InChI=1S/C13H26N2O2S/c1-11-3-6-15(12(2)9-11)7-5-14-13-4-8-18(16,17)10-13/h11-14H,3-10H2,1-2H3. The Morgan fingerprint density at radius 2 is 2.06 bits per heavy atom. The number of likely N-dealkylation sites (tertiary alicyclic amines) is 1. The Bertz CT molecular complexity index is 369. The molecule has 18 heavy (non-hydrogen) atoms. The number of piperidine rings is 1. The van der Waals surface area contributed by atoms with Gasteiger partial charge in [0.05, 0.1) is 11.5 Å². The molecule has 0 aromatic carbocycles. The van der Waals surface area contributed by atoms with Crippen LogP contribution in [0.15, 0.2) is 0 Å². The predicted octanol–water partition coefficient (Wildman–Crippen LogP) is 0.884. The highest BCUT2D eigenvalue weighted by Crippen LogP contribution is 2.21. The summed E-state index contributed by atoms with van der Waals surface area (Å²) in [5.41, 5.74) is 0. The van der Waals surface area contributed by atoms with Crippen molar-refractivity contribution in [3.05, 3.63) is 0 Å². The van der Waals surface area contributed by atoms with E-state index in [9.17, 15) is 8.42 Å². The van der Waals surface area contributed by atoms with E-state index in [-0.39, 0.29) is 6.04 Å². The molecule has 2 heterocycles. The van der Waals surface area contributed by atoms with Gasteiger partial charge < -0.3 is 5.32 Å². The van der Waals surface area contributed by atoms with Crippen LogP contribution in [0.1, 0.15) is 33.1 Å². The van der Waals surface area contributed by atoms with Crippen LogP contribution in [0.5, 0.6) is 0 Å². The van der Waals surface area contributed by atoms with Crippen molar-refractivity contribution >= 4 is 9.84 Å². The van der Waals surface area contributed by atoms with Crippen LogP contribution in [-0.2, 0) is 9.84 Å². The molecule has 0 bridgehead atoms. The Balaban J connectivity index is 1.67. The molecule has 0 aromatic rings. The van der Waals surface area contributed by atoms with Crippen molar-refractivity contribution in [3.8, 4) is 0 Å². The quantitative estimate of drug-likeness (QED) is 0.827. The summed E-state index contributed by atoms with van der Waals surface area (Å²) < 4.78 is 22.7. The normalized spacial score (nSPS) is 36.9.